The molecule has 0 bridgehead atoms. The van der Waals surface area contributed by atoms with Crippen LogP contribution in [-0.2, 0) is 11.3 Å². The molecule has 6 nitrogen and oxygen atoms in total. The maximum absolute atomic E-state index is 12.0. The molecule has 6 heteroatoms. The van der Waals surface area contributed by atoms with Gasteiger partial charge in [0.05, 0.1) is 4.92 Å². The van der Waals surface area contributed by atoms with E-state index in [1.807, 2.05) is 18.2 Å². The summed E-state index contributed by atoms with van der Waals surface area (Å²) in [7, 11) is 0. The van der Waals surface area contributed by atoms with Crippen LogP contribution in [0, 0.1) is 10.1 Å². The van der Waals surface area contributed by atoms with Crippen LogP contribution in [0.25, 0.3) is 0 Å². The second-order valence-electron chi connectivity index (χ2n) is 4.53. The Hall–Kier alpha value is -2.73. The third kappa shape index (κ3) is 3.87. The fourth-order valence-electron chi connectivity index (χ4n) is 1.89. The Balaban J connectivity index is 1.98. The van der Waals surface area contributed by atoms with Crippen molar-refractivity contribution < 1.29 is 9.72 Å². The van der Waals surface area contributed by atoms with Crippen molar-refractivity contribution in [2.24, 2.45) is 5.73 Å². The maximum atomic E-state index is 12.0. The smallest absolute Gasteiger partial charge is 0.269 e. The van der Waals surface area contributed by atoms with E-state index in [1.165, 1.54) is 12.1 Å². The number of nitrogens with zero attached hydrogens (tertiary/aromatic N) is 1. The molecule has 0 aliphatic heterocycles. The Morgan fingerprint density at radius 3 is 2.57 bits per heavy atom. The van der Waals surface area contributed by atoms with Gasteiger partial charge in [-0.3, -0.25) is 14.9 Å². The van der Waals surface area contributed by atoms with E-state index in [0.29, 0.717) is 11.1 Å². The number of carbonyl (C=O) groups is 1. The quantitative estimate of drug-likeness (QED) is 0.647. The lowest BCUT2D eigenvalue weighted by Gasteiger charge is -2.12. The van der Waals surface area contributed by atoms with Gasteiger partial charge >= 0.3 is 0 Å². The molecule has 0 fully saturated rings. The van der Waals surface area contributed by atoms with Crippen LogP contribution in [0.15, 0.2) is 54.6 Å². The zero-order valence-corrected chi connectivity index (χ0v) is 11.2. The number of rotatable bonds is 5. The van der Waals surface area contributed by atoms with Crippen molar-refractivity contribution in [1.82, 2.24) is 5.32 Å². The molecule has 21 heavy (non-hydrogen) atoms. The average molecular weight is 285 g/mol. The Kier molecular flexibility index (Phi) is 4.63. The first-order chi connectivity index (χ1) is 10.1. The molecular formula is C15H15N3O3. The molecule has 0 aromatic heterocycles. The molecule has 0 aliphatic carbocycles. The van der Waals surface area contributed by atoms with Gasteiger partial charge in [0.15, 0.2) is 0 Å². The van der Waals surface area contributed by atoms with Gasteiger partial charge in [-0.05, 0) is 11.1 Å². The van der Waals surface area contributed by atoms with Crippen LogP contribution in [0.1, 0.15) is 17.2 Å². The molecule has 1 unspecified atom stereocenters. The van der Waals surface area contributed by atoms with Crippen molar-refractivity contribution >= 4 is 11.6 Å². The van der Waals surface area contributed by atoms with Crippen LogP contribution < -0.4 is 11.1 Å². The first-order valence-electron chi connectivity index (χ1n) is 6.39. The van der Waals surface area contributed by atoms with Gasteiger partial charge in [-0.25, -0.2) is 0 Å². The fourth-order valence-corrected chi connectivity index (χ4v) is 1.89. The van der Waals surface area contributed by atoms with Crippen LogP contribution in [-0.4, -0.2) is 10.8 Å². The largest absolute Gasteiger partial charge is 0.350 e. The Bertz CT molecular complexity index is 644. The maximum Gasteiger partial charge on any atom is 0.269 e. The molecule has 1 atom stereocenters. The summed E-state index contributed by atoms with van der Waals surface area (Å²) in [5.41, 5.74) is 7.22. The lowest BCUT2D eigenvalue weighted by atomic mass is 10.1. The summed E-state index contributed by atoms with van der Waals surface area (Å²) in [6, 6.07) is 14.4. The Morgan fingerprint density at radius 2 is 1.90 bits per heavy atom. The van der Waals surface area contributed by atoms with E-state index in [2.05, 4.69) is 5.32 Å². The van der Waals surface area contributed by atoms with Crippen molar-refractivity contribution in [2.75, 3.05) is 0 Å². The van der Waals surface area contributed by atoms with Crippen LogP contribution in [0.5, 0.6) is 0 Å². The van der Waals surface area contributed by atoms with Crippen LogP contribution in [0.2, 0.25) is 0 Å². The van der Waals surface area contributed by atoms with Gasteiger partial charge in [0.1, 0.15) is 6.04 Å². The van der Waals surface area contributed by atoms with Gasteiger partial charge in [-0.15, -0.1) is 0 Å². The van der Waals surface area contributed by atoms with Crippen molar-refractivity contribution in [3.63, 3.8) is 0 Å². The zero-order valence-electron chi connectivity index (χ0n) is 11.2. The molecule has 1 amide bonds. The standard InChI is InChI=1S/C15H15N3O3/c16-14(12-6-2-1-3-7-12)15(19)17-10-11-5-4-8-13(9-11)18(20)21/h1-9,14H,10,16H2,(H,17,19). The van der Waals surface area contributed by atoms with E-state index in [1.54, 1.807) is 24.3 Å². The molecule has 108 valence electrons. The molecular weight excluding hydrogens is 270 g/mol. The first-order valence-corrected chi connectivity index (χ1v) is 6.39. The van der Waals surface area contributed by atoms with E-state index in [9.17, 15) is 14.9 Å². The third-order valence-corrected chi connectivity index (χ3v) is 3.03. The van der Waals surface area contributed by atoms with Gasteiger partial charge in [0.25, 0.3) is 5.69 Å². The number of nitro groups is 1. The summed E-state index contributed by atoms with van der Waals surface area (Å²) in [5, 5.41) is 13.4. The lowest BCUT2D eigenvalue weighted by Crippen LogP contribution is -2.33. The van der Waals surface area contributed by atoms with E-state index < -0.39 is 11.0 Å². The fraction of sp³-hybridized carbons (Fsp3) is 0.133. The summed E-state index contributed by atoms with van der Waals surface area (Å²) in [5.74, 6) is -0.326. The second kappa shape index (κ2) is 6.62. The molecule has 2 aromatic carbocycles. The number of amides is 1. The first kappa shape index (κ1) is 14.7. The zero-order chi connectivity index (χ0) is 15.2. The molecule has 0 spiro atoms. The lowest BCUT2D eigenvalue weighted by molar-refractivity contribution is -0.384. The van der Waals surface area contributed by atoms with Gasteiger partial charge in [0, 0.05) is 18.7 Å². The molecule has 3 N–H and O–H groups in total. The normalized spacial score (nSPS) is 11.7. The van der Waals surface area contributed by atoms with Crippen molar-refractivity contribution in [1.29, 1.82) is 0 Å². The van der Waals surface area contributed by atoms with E-state index >= 15 is 0 Å². The minimum Gasteiger partial charge on any atom is -0.350 e. The number of nitro benzene ring substituents is 1. The van der Waals surface area contributed by atoms with E-state index in [-0.39, 0.29) is 18.1 Å². The molecule has 0 heterocycles. The molecule has 0 saturated carbocycles. The van der Waals surface area contributed by atoms with Crippen molar-refractivity contribution in [3.8, 4) is 0 Å². The number of non-ortho nitro benzene ring substituents is 1. The molecule has 0 radical (unpaired) electrons. The summed E-state index contributed by atoms with van der Waals surface area (Å²) in [4.78, 5) is 22.2. The number of carbonyl (C=O) groups excluding carboxylic acids is 1. The predicted molar refractivity (Wildman–Crippen MR) is 78.3 cm³/mol. The number of nitrogens with two attached hydrogens (primary N) is 1. The second-order valence-corrected chi connectivity index (χ2v) is 4.53. The summed E-state index contributed by atoms with van der Waals surface area (Å²) in [6.45, 7) is 0.195. The number of hydrogen-bond donors (Lipinski definition) is 2. The Morgan fingerprint density at radius 1 is 1.19 bits per heavy atom. The van der Waals surface area contributed by atoms with Crippen LogP contribution >= 0.6 is 0 Å². The Labute approximate surface area is 121 Å². The molecule has 2 aromatic rings. The highest BCUT2D eigenvalue weighted by atomic mass is 16.6. The van der Waals surface area contributed by atoms with Gasteiger partial charge in [0.2, 0.25) is 5.91 Å². The van der Waals surface area contributed by atoms with Gasteiger partial charge in [-0.1, -0.05) is 42.5 Å². The number of benzene rings is 2. The highest BCUT2D eigenvalue weighted by Gasteiger charge is 2.15. The SMILES string of the molecule is NC(C(=O)NCc1cccc([N+](=O)[O-])c1)c1ccccc1. The van der Waals surface area contributed by atoms with Crippen molar-refractivity contribution in [2.45, 2.75) is 12.6 Å². The highest BCUT2D eigenvalue weighted by molar-refractivity contribution is 5.82. The highest BCUT2D eigenvalue weighted by Crippen LogP contribution is 2.14. The number of nitrogens with one attached hydrogen (secondary N) is 1. The van der Waals surface area contributed by atoms with Gasteiger partial charge in [-0.2, -0.15) is 0 Å². The summed E-state index contributed by atoms with van der Waals surface area (Å²) < 4.78 is 0. The van der Waals surface area contributed by atoms with Crippen molar-refractivity contribution in [3.05, 3.63) is 75.8 Å². The van der Waals surface area contributed by atoms with Crippen LogP contribution in [0.3, 0.4) is 0 Å². The summed E-state index contributed by atoms with van der Waals surface area (Å²) in [6.07, 6.45) is 0. The van der Waals surface area contributed by atoms with Crippen LogP contribution in [0.4, 0.5) is 5.69 Å². The summed E-state index contributed by atoms with van der Waals surface area (Å²) >= 11 is 0. The van der Waals surface area contributed by atoms with E-state index in [0.717, 1.165) is 0 Å². The predicted octanol–water partition coefficient (Wildman–Crippen LogP) is 1.91. The molecule has 0 saturated heterocycles. The van der Waals surface area contributed by atoms with E-state index in [4.69, 9.17) is 5.73 Å². The molecule has 2 rings (SSSR count). The van der Waals surface area contributed by atoms with Gasteiger partial charge < -0.3 is 11.1 Å². The third-order valence-electron chi connectivity index (χ3n) is 3.03. The number of hydrogen-bond acceptors (Lipinski definition) is 4. The average Bonchev–Trinajstić information content (AvgIpc) is 2.53. The molecule has 0 aliphatic rings. The minimum absolute atomic E-state index is 0.00546. The topological polar surface area (TPSA) is 98.3 Å². The monoisotopic (exact) mass is 285 g/mol. The minimum atomic E-state index is -0.759.